The SMILES string of the molecule is CCC(Oc1ccc(Cl)cc1Cl)C(=O)NC(F)(F)c1cccc2[nH]ccc12. The van der Waals surface area contributed by atoms with E-state index in [2.05, 4.69) is 4.98 Å². The standard InChI is InChI=1S/C19H16Cl2F2N2O2/c1-2-16(27-17-7-6-11(20)10-14(17)21)18(26)25-19(22,23)13-4-3-5-15-12(13)8-9-24-15/h3-10,16,24H,2H2,1H3,(H,25,26). The Hall–Kier alpha value is -2.31. The van der Waals surface area contributed by atoms with Crippen molar-refractivity contribution < 1.29 is 18.3 Å². The smallest absolute Gasteiger partial charge is 0.353 e. The molecular weight excluding hydrogens is 397 g/mol. The van der Waals surface area contributed by atoms with Crippen molar-refractivity contribution in [2.45, 2.75) is 25.5 Å². The van der Waals surface area contributed by atoms with Gasteiger partial charge in [-0.2, -0.15) is 8.78 Å². The third-order valence-corrected chi connectivity index (χ3v) is 4.57. The first-order valence-corrected chi connectivity index (χ1v) is 8.95. The van der Waals surface area contributed by atoms with E-state index in [1.807, 2.05) is 0 Å². The number of carbonyl (C=O) groups excluding carboxylic acids is 1. The maximum absolute atomic E-state index is 14.7. The van der Waals surface area contributed by atoms with Gasteiger partial charge in [0, 0.05) is 22.1 Å². The van der Waals surface area contributed by atoms with E-state index < -0.39 is 18.1 Å². The van der Waals surface area contributed by atoms with Crippen LogP contribution < -0.4 is 10.1 Å². The van der Waals surface area contributed by atoms with Crippen molar-refractivity contribution in [3.8, 4) is 5.75 Å². The Morgan fingerprint density at radius 1 is 1.26 bits per heavy atom. The van der Waals surface area contributed by atoms with Crippen LogP contribution in [-0.2, 0) is 10.8 Å². The van der Waals surface area contributed by atoms with Crippen molar-refractivity contribution in [3.05, 3.63) is 64.3 Å². The summed E-state index contributed by atoms with van der Waals surface area (Å²) in [4.78, 5) is 15.3. The van der Waals surface area contributed by atoms with Crippen LogP contribution in [0.1, 0.15) is 18.9 Å². The molecule has 0 bridgehead atoms. The predicted octanol–water partition coefficient (Wildman–Crippen LogP) is 5.50. The fraction of sp³-hybridized carbons (Fsp3) is 0.211. The number of carbonyl (C=O) groups is 1. The summed E-state index contributed by atoms with van der Waals surface area (Å²) in [6.07, 6.45) is 0.599. The maximum atomic E-state index is 14.7. The largest absolute Gasteiger partial charge is 0.479 e. The van der Waals surface area contributed by atoms with Gasteiger partial charge >= 0.3 is 6.05 Å². The summed E-state index contributed by atoms with van der Waals surface area (Å²) in [6, 6.07) is 6.88. The van der Waals surface area contributed by atoms with Gasteiger partial charge in [0.2, 0.25) is 0 Å². The van der Waals surface area contributed by atoms with Crippen molar-refractivity contribution in [1.29, 1.82) is 0 Å². The van der Waals surface area contributed by atoms with E-state index in [-0.39, 0.29) is 22.8 Å². The van der Waals surface area contributed by atoms with E-state index in [0.29, 0.717) is 15.9 Å². The summed E-state index contributed by atoms with van der Waals surface area (Å²) in [6.45, 7) is 1.65. The molecule has 1 atom stereocenters. The molecule has 1 heterocycles. The van der Waals surface area contributed by atoms with Crippen LogP contribution in [0.4, 0.5) is 8.78 Å². The first kappa shape index (κ1) is 19.5. The average Bonchev–Trinajstić information content (AvgIpc) is 3.09. The van der Waals surface area contributed by atoms with Crippen molar-refractivity contribution >= 4 is 40.0 Å². The van der Waals surface area contributed by atoms with Crippen molar-refractivity contribution in [2.75, 3.05) is 0 Å². The Kier molecular flexibility index (Phi) is 5.58. The van der Waals surface area contributed by atoms with Crippen molar-refractivity contribution in [2.24, 2.45) is 0 Å². The highest BCUT2D eigenvalue weighted by Gasteiger charge is 2.37. The number of rotatable bonds is 6. The van der Waals surface area contributed by atoms with Gasteiger partial charge < -0.3 is 9.72 Å². The van der Waals surface area contributed by atoms with Crippen molar-refractivity contribution in [3.63, 3.8) is 0 Å². The molecule has 2 aromatic carbocycles. The molecular formula is C19H16Cl2F2N2O2. The van der Waals surface area contributed by atoms with Gasteiger partial charge in [0.05, 0.1) is 10.6 Å². The first-order valence-electron chi connectivity index (χ1n) is 8.20. The van der Waals surface area contributed by atoms with Gasteiger partial charge in [0.25, 0.3) is 5.91 Å². The Balaban J connectivity index is 1.80. The second-order valence-electron chi connectivity index (χ2n) is 5.90. The highest BCUT2D eigenvalue weighted by atomic mass is 35.5. The van der Waals surface area contributed by atoms with Gasteiger partial charge in [-0.05, 0) is 36.8 Å². The minimum Gasteiger partial charge on any atom is -0.479 e. The van der Waals surface area contributed by atoms with Gasteiger partial charge in [-0.25, -0.2) is 0 Å². The molecule has 0 saturated heterocycles. The summed E-state index contributed by atoms with van der Waals surface area (Å²) < 4.78 is 35.0. The highest BCUT2D eigenvalue weighted by Crippen LogP contribution is 2.32. The maximum Gasteiger partial charge on any atom is 0.353 e. The Morgan fingerprint density at radius 3 is 2.74 bits per heavy atom. The fourth-order valence-corrected chi connectivity index (χ4v) is 3.16. The number of aromatic amines is 1. The number of hydrogen-bond donors (Lipinski definition) is 2. The van der Waals surface area contributed by atoms with E-state index >= 15 is 0 Å². The first-order chi connectivity index (χ1) is 12.8. The van der Waals surface area contributed by atoms with E-state index in [4.69, 9.17) is 27.9 Å². The quantitative estimate of drug-likeness (QED) is 0.525. The number of H-pyrrole nitrogens is 1. The van der Waals surface area contributed by atoms with Crippen LogP contribution in [0.15, 0.2) is 48.7 Å². The molecule has 27 heavy (non-hydrogen) atoms. The van der Waals surface area contributed by atoms with E-state index in [1.165, 1.54) is 36.4 Å². The molecule has 3 rings (SSSR count). The Morgan fingerprint density at radius 2 is 2.04 bits per heavy atom. The van der Waals surface area contributed by atoms with Gasteiger partial charge in [-0.3, -0.25) is 10.1 Å². The molecule has 8 heteroatoms. The zero-order valence-corrected chi connectivity index (χ0v) is 15.7. The molecule has 0 fully saturated rings. The summed E-state index contributed by atoms with van der Waals surface area (Å²) >= 11 is 11.8. The second-order valence-corrected chi connectivity index (χ2v) is 6.74. The van der Waals surface area contributed by atoms with E-state index in [1.54, 1.807) is 24.5 Å². The summed E-state index contributed by atoms with van der Waals surface area (Å²) in [5.41, 5.74) is 0.256. The molecule has 0 aliphatic rings. The van der Waals surface area contributed by atoms with Crippen LogP contribution in [0.5, 0.6) is 5.75 Å². The summed E-state index contributed by atoms with van der Waals surface area (Å²) in [5, 5.41) is 2.70. The number of fused-ring (bicyclic) bond motifs is 1. The molecule has 0 aliphatic heterocycles. The Labute approximate surface area is 164 Å². The lowest BCUT2D eigenvalue weighted by Gasteiger charge is -2.23. The third-order valence-electron chi connectivity index (χ3n) is 4.04. The highest BCUT2D eigenvalue weighted by molar-refractivity contribution is 6.35. The minimum absolute atomic E-state index is 0.176. The summed E-state index contributed by atoms with van der Waals surface area (Å²) in [5.74, 6) is -0.750. The van der Waals surface area contributed by atoms with Gasteiger partial charge in [0.15, 0.2) is 6.10 Å². The van der Waals surface area contributed by atoms with Crippen LogP contribution in [-0.4, -0.2) is 17.0 Å². The lowest BCUT2D eigenvalue weighted by Crippen LogP contribution is -2.46. The molecule has 0 saturated carbocycles. The van der Waals surface area contributed by atoms with Crippen LogP contribution in [0, 0.1) is 0 Å². The number of hydrogen-bond acceptors (Lipinski definition) is 2. The van der Waals surface area contributed by atoms with Gasteiger partial charge in [0.1, 0.15) is 5.75 Å². The molecule has 0 radical (unpaired) electrons. The second kappa shape index (κ2) is 7.74. The lowest BCUT2D eigenvalue weighted by molar-refractivity contribution is -0.140. The third kappa shape index (κ3) is 4.17. The fourth-order valence-electron chi connectivity index (χ4n) is 2.71. The predicted molar refractivity (Wildman–Crippen MR) is 102 cm³/mol. The number of benzene rings is 2. The minimum atomic E-state index is -3.57. The van der Waals surface area contributed by atoms with Crippen LogP contribution in [0.2, 0.25) is 10.0 Å². The monoisotopic (exact) mass is 412 g/mol. The molecule has 4 nitrogen and oxygen atoms in total. The van der Waals surface area contributed by atoms with Crippen LogP contribution in [0.3, 0.4) is 0 Å². The number of alkyl halides is 2. The normalized spacial score (nSPS) is 12.8. The summed E-state index contributed by atoms with van der Waals surface area (Å²) in [7, 11) is 0. The number of ether oxygens (including phenoxy) is 1. The van der Waals surface area contributed by atoms with Gasteiger partial charge in [-0.1, -0.05) is 42.3 Å². The molecule has 0 aliphatic carbocycles. The molecule has 142 valence electrons. The van der Waals surface area contributed by atoms with E-state index in [9.17, 15) is 13.6 Å². The number of nitrogens with one attached hydrogen (secondary N) is 2. The zero-order chi connectivity index (χ0) is 19.6. The molecule has 2 N–H and O–H groups in total. The van der Waals surface area contributed by atoms with E-state index in [0.717, 1.165) is 0 Å². The molecule has 3 aromatic rings. The number of halogens is 4. The molecule has 1 aromatic heterocycles. The molecule has 0 spiro atoms. The molecule has 1 unspecified atom stereocenters. The zero-order valence-electron chi connectivity index (χ0n) is 14.2. The Bertz CT molecular complexity index is 975. The topological polar surface area (TPSA) is 54.1 Å². The van der Waals surface area contributed by atoms with Crippen molar-refractivity contribution in [1.82, 2.24) is 10.3 Å². The van der Waals surface area contributed by atoms with Gasteiger partial charge in [-0.15, -0.1) is 0 Å². The average molecular weight is 413 g/mol. The number of aromatic nitrogens is 1. The lowest BCUT2D eigenvalue weighted by atomic mass is 10.1. The van der Waals surface area contributed by atoms with Crippen LogP contribution in [0.25, 0.3) is 10.9 Å². The molecule has 1 amide bonds. The number of amides is 1. The van der Waals surface area contributed by atoms with Crippen LogP contribution >= 0.6 is 23.2 Å².